The molecule has 4 atom stereocenters. The number of nitrogens with two attached hydrogens (primary N) is 1. The summed E-state index contributed by atoms with van der Waals surface area (Å²) in [6.07, 6.45) is -1.96. The second kappa shape index (κ2) is 3.89. The summed E-state index contributed by atoms with van der Waals surface area (Å²) in [4.78, 5) is 0.441. The van der Waals surface area contributed by atoms with Crippen LogP contribution in [-0.4, -0.2) is 16.6 Å². The van der Waals surface area contributed by atoms with Gasteiger partial charge in [-0.2, -0.15) is 0 Å². The van der Waals surface area contributed by atoms with Gasteiger partial charge in [-0.1, -0.05) is 6.07 Å². The molecule has 1 aromatic rings. The molecule has 1 aromatic carbocycles. The average Bonchev–Trinajstić information content (AvgIpc) is 2.45. The minimum absolute atomic E-state index is 0.285. The van der Waals surface area contributed by atoms with E-state index in [-0.39, 0.29) is 5.56 Å². The van der Waals surface area contributed by atoms with E-state index in [1.54, 1.807) is 19.1 Å². The Morgan fingerprint density at radius 2 is 1.94 bits per heavy atom. The van der Waals surface area contributed by atoms with Crippen LogP contribution in [0.1, 0.15) is 28.9 Å². The molecule has 0 aromatic heterocycles. The highest BCUT2D eigenvalue weighted by atomic mass is 32.2. The number of benzene rings is 1. The van der Waals surface area contributed by atoms with Crippen molar-refractivity contribution in [1.29, 1.82) is 0 Å². The van der Waals surface area contributed by atoms with Gasteiger partial charge in [0, 0.05) is 11.2 Å². The fourth-order valence-electron chi connectivity index (χ4n) is 2.19. The number of fused-ring (bicyclic) bond motifs is 1. The van der Waals surface area contributed by atoms with E-state index >= 15 is 0 Å². The Kier molecular flexibility index (Phi) is 2.84. The zero-order valence-electron chi connectivity index (χ0n) is 9.04. The monoisotopic (exact) mass is 245 g/mol. The lowest BCUT2D eigenvalue weighted by atomic mass is 10.0. The maximum atomic E-state index is 13.7. The van der Waals surface area contributed by atoms with Gasteiger partial charge in [-0.25, -0.2) is 8.78 Å². The van der Waals surface area contributed by atoms with Crippen LogP contribution in [0.3, 0.4) is 0 Å². The quantitative estimate of drug-likeness (QED) is 0.823. The van der Waals surface area contributed by atoms with Crippen molar-refractivity contribution in [2.45, 2.75) is 30.2 Å². The molecule has 88 valence electrons. The van der Waals surface area contributed by atoms with Crippen molar-refractivity contribution in [2.24, 2.45) is 5.73 Å². The van der Waals surface area contributed by atoms with Gasteiger partial charge >= 0.3 is 0 Å². The highest BCUT2D eigenvalue weighted by molar-refractivity contribution is 7.84. The standard InChI is InChI=1S/C11H13F2NOS/c1-5-3-4-6(16(2)15)8-7(5)9(12)10(13)11(8)14/h3-4,9-11H,14H2,1-2H3. The lowest BCUT2D eigenvalue weighted by Gasteiger charge is -2.11. The Hall–Kier alpha value is -0.810. The Bertz CT molecular complexity index is 464. The SMILES string of the molecule is Cc1ccc(S(C)=O)c2c1C(F)C(F)C2N. The van der Waals surface area contributed by atoms with Gasteiger partial charge in [-0.15, -0.1) is 0 Å². The van der Waals surface area contributed by atoms with E-state index in [0.717, 1.165) is 0 Å². The third-order valence-corrected chi connectivity index (χ3v) is 3.98. The average molecular weight is 245 g/mol. The van der Waals surface area contributed by atoms with Crippen molar-refractivity contribution in [3.63, 3.8) is 0 Å². The van der Waals surface area contributed by atoms with E-state index in [0.29, 0.717) is 16.0 Å². The third kappa shape index (κ3) is 1.50. The van der Waals surface area contributed by atoms with Crippen molar-refractivity contribution in [1.82, 2.24) is 0 Å². The zero-order chi connectivity index (χ0) is 12.0. The summed E-state index contributed by atoms with van der Waals surface area (Å²) in [5.74, 6) is 0. The lowest BCUT2D eigenvalue weighted by Crippen LogP contribution is -2.19. The first-order valence-corrected chi connectivity index (χ1v) is 6.51. The molecule has 5 heteroatoms. The summed E-state index contributed by atoms with van der Waals surface area (Å²) in [5, 5.41) is 0. The Labute approximate surface area is 95.3 Å². The molecule has 0 saturated carbocycles. The fourth-order valence-corrected chi connectivity index (χ4v) is 3.00. The maximum absolute atomic E-state index is 13.7. The van der Waals surface area contributed by atoms with Crippen LogP contribution < -0.4 is 5.73 Å². The summed E-state index contributed by atoms with van der Waals surface area (Å²) in [5.41, 5.74) is 6.97. The van der Waals surface area contributed by atoms with Crippen LogP contribution in [0, 0.1) is 6.92 Å². The molecule has 2 rings (SSSR count). The minimum atomic E-state index is -1.74. The van der Waals surface area contributed by atoms with Gasteiger partial charge in [0.15, 0.2) is 12.3 Å². The Morgan fingerprint density at radius 3 is 2.50 bits per heavy atom. The normalized spacial score (nSPS) is 30.2. The molecular weight excluding hydrogens is 232 g/mol. The van der Waals surface area contributed by atoms with Crippen molar-refractivity contribution < 1.29 is 13.0 Å². The molecule has 0 spiro atoms. The molecule has 0 bridgehead atoms. The molecule has 1 aliphatic carbocycles. The Balaban J connectivity index is 2.71. The molecule has 1 aliphatic rings. The van der Waals surface area contributed by atoms with Crippen molar-refractivity contribution in [2.75, 3.05) is 6.26 Å². The summed E-state index contributed by atoms with van der Waals surface area (Å²) in [6.45, 7) is 1.71. The zero-order valence-corrected chi connectivity index (χ0v) is 9.85. The maximum Gasteiger partial charge on any atom is 0.159 e. The summed E-state index contributed by atoms with van der Waals surface area (Å²) in [7, 11) is -1.28. The van der Waals surface area contributed by atoms with E-state index < -0.39 is 29.2 Å². The molecule has 0 saturated heterocycles. The first kappa shape index (κ1) is 11.7. The number of hydrogen-bond acceptors (Lipinski definition) is 2. The third-order valence-electron chi connectivity index (χ3n) is 3.01. The summed E-state index contributed by atoms with van der Waals surface area (Å²) < 4.78 is 38.7. The molecular formula is C11H13F2NOS. The van der Waals surface area contributed by atoms with Crippen LogP contribution in [0.25, 0.3) is 0 Å². The molecule has 0 radical (unpaired) electrons. The number of rotatable bonds is 1. The van der Waals surface area contributed by atoms with Gasteiger partial charge < -0.3 is 5.73 Å². The van der Waals surface area contributed by atoms with Crippen molar-refractivity contribution >= 4 is 10.8 Å². The highest BCUT2D eigenvalue weighted by Gasteiger charge is 2.42. The van der Waals surface area contributed by atoms with Crippen LogP contribution in [0.4, 0.5) is 8.78 Å². The molecule has 2 N–H and O–H groups in total. The second-order valence-electron chi connectivity index (χ2n) is 4.03. The number of halogens is 2. The van der Waals surface area contributed by atoms with E-state index in [1.165, 1.54) is 6.26 Å². The van der Waals surface area contributed by atoms with Crippen LogP contribution in [0.2, 0.25) is 0 Å². The molecule has 2 nitrogen and oxygen atoms in total. The number of aryl methyl sites for hydroxylation is 1. The fraction of sp³-hybridized carbons (Fsp3) is 0.455. The van der Waals surface area contributed by atoms with Crippen molar-refractivity contribution in [3.05, 3.63) is 28.8 Å². The summed E-state index contributed by atoms with van der Waals surface area (Å²) in [6, 6.07) is 2.28. The predicted octanol–water partition coefficient (Wildman–Crippen LogP) is 2.09. The number of hydrogen-bond donors (Lipinski definition) is 1. The Morgan fingerprint density at radius 1 is 1.31 bits per heavy atom. The topological polar surface area (TPSA) is 43.1 Å². The van der Waals surface area contributed by atoms with Gasteiger partial charge in [0.2, 0.25) is 0 Å². The first-order chi connectivity index (χ1) is 7.45. The lowest BCUT2D eigenvalue weighted by molar-refractivity contribution is 0.164. The predicted molar refractivity (Wildman–Crippen MR) is 59.2 cm³/mol. The summed E-state index contributed by atoms with van der Waals surface area (Å²) >= 11 is 0. The van der Waals surface area contributed by atoms with Gasteiger partial charge in [-0.05, 0) is 29.7 Å². The van der Waals surface area contributed by atoms with Gasteiger partial charge in [0.25, 0.3) is 0 Å². The van der Waals surface area contributed by atoms with E-state index in [2.05, 4.69) is 0 Å². The molecule has 16 heavy (non-hydrogen) atoms. The molecule has 0 heterocycles. The van der Waals surface area contributed by atoms with Crippen LogP contribution in [0.5, 0.6) is 0 Å². The van der Waals surface area contributed by atoms with Gasteiger partial charge in [0.05, 0.1) is 16.8 Å². The van der Waals surface area contributed by atoms with Gasteiger partial charge in [0.1, 0.15) is 0 Å². The second-order valence-corrected chi connectivity index (χ2v) is 5.38. The van der Waals surface area contributed by atoms with Crippen LogP contribution in [-0.2, 0) is 10.8 Å². The largest absolute Gasteiger partial charge is 0.321 e. The highest BCUT2D eigenvalue weighted by Crippen LogP contribution is 2.45. The van der Waals surface area contributed by atoms with E-state index in [9.17, 15) is 13.0 Å². The molecule has 0 fully saturated rings. The van der Waals surface area contributed by atoms with E-state index in [1.807, 2.05) is 0 Å². The van der Waals surface area contributed by atoms with E-state index in [4.69, 9.17) is 5.73 Å². The van der Waals surface area contributed by atoms with Crippen molar-refractivity contribution in [3.8, 4) is 0 Å². The smallest absolute Gasteiger partial charge is 0.159 e. The molecule has 0 aliphatic heterocycles. The van der Waals surface area contributed by atoms with Crippen LogP contribution >= 0.6 is 0 Å². The minimum Gasteiger partial charge on any atom is -0.321 e. The molecule has 0 amide bonds. The van der Waals surface area contributed by atoms with Crippen LogP contribution in [0.15, 0.2) is 17.0 Å². The molecule has 4 unspecified atom stereocenters. The number of alkyl halides is 2. The first-order valence-electron chi connectivity index (χ1n) is 4.95. The van der Waals surface area contributed by atoms with Gasteiger partial charge in [-0.3, -0.25) is 4.21 Å².